The number of aliphatic hydroxyl groups is 1. The van der Waals surface area contributed by atoms with Gasteiger partial charge in [0.2, 0.25) is 5.28 Å². The van der Waals surface area contributed by atoms with E-state index in [2.05, 4.69) is 34.3 Å². The van der Waals surface area contributed by atoms with E-state index in [1.807, 2.05) is 32.0 Å². The van der Waals surface area contributed by atoms with Crippen LogP contribution in [0.2, 0.25) is 5.28 Å². The molecule has 0 aliphatic heterocycles. The van der Waals surface area contributed by atoms with Crippen molar-refractivity contribution in [3.8, 4) is 11.1 Å². The third-order valence-electron chi connectivity index (χ3n) is 3.61. The summed E-state index contributed by atoms with van der Waals surface area (Å²) >= 11 is 7.68. The van der Waals surface area contributed by atoms with Gasteiger partial charge in [0.1, 0.15) is 10.6 Å². The third kappa shape index (κ3) is 3.17. The highest BCUT2D eigenvalue weighted by molar-refractivity contribution is 7.19. The minimum atomic E-state index is -0.506. The number of anilines is 1. The summed E-state index contributed by atoms with van der Waals surface area (Å²) in [5.74, 6) is 0.655. The molecule has 2 heterocycles. The zero-order valence-corrected chi connectivity index (χ0v) is 14.8. The topological polar surface area (TPSA) is 58.0 Å². The molecule has 4 nitrogen and oxygen atoms in total. The normalized spacial score (nSPS) is 11.9. The van der Waals surface area contributed by atoms with E-state index in [-0.39, 0.29) is 11.9 Å². The van der Waals surface area contributed by atoms with E-state index in [0.717, 1.165) is 26.2 Å². The van der Waals surface area contributed by atoms with Gasteiger partial charge in [0.25, 0.3) is 0 Å². The molecule has 0 amide bonds. The predicted molar refractivity (Wildman–Crippen MR) is 97.4 cm³/mol. The van der Waals surface area contributed by atoms with Crippen molar-refractivity contribution in [2.75, 3.05) is 11.9 Å². The lowest BCUT2D eigenvalue weighted by Crippen LogP contribution is -2.35. The van der Waals surface area contributed by atoms with Crippen LogP contribution in [0.1, 0.15) is 18.7 Å². The van der Waals surface area contributed by atoms with Crippen LogP contribution in [0.4, 0.5) is 5.82 Å². The molecule has 0 unspecified atom stereocenters. The zero-order chi connectivity index (χ0) is 16.6. The summed E-state index contributed by atoms with van der Waals surface area (Å²) in [7, 11) is 0. The van der Waals surface area contributed by atoms with Crippen LogP contribution in [0.5, 0.6) is 0 Å². The highest BCUT2D eigenvalue weighted by Crippen LogP contribution is 2.41. The van der Waals surface area contributed by atoms with Gasteiger partial charge in [-0.05, 0) is 37.9 Å². The Kier molecular flexibility index (Phi) is 4.27. The lowest BCUT2D eigenvalue weighted by Gasteiger charge is -2.24. The van der Waals surface area contributed by atoms with Crippen LogP contribution in [-0.2, 0) is 0 Å². The highest BCUT2D eigenvalue weighted by atomic mass is 35.5. The first-order valence-electron chi connectivity index (χ1n) is 7.32. The van der Waals surface area contributed by atoms with E-state index < -0.39 is 5.54 Å². The molecule has 0 bridgehead atoms. The number of aryl methyl sites for hydroxylation is 1. The Morgan fingerprint density at radius 2 is 1.91 bits per heavy atom. The van der Waals surface area contributed by atoms with Gasteiger partial charge >= 0.3 is 0 Å². The maximum Gasteiger partial charge on any atom is 0.225 e. The van der Waals surface area contributed by atoms with Crippen molar-refractivity contribution in [1.82, 2.24) is 9.97 Å². The quantitative estimate of drug-likeness (QED) is 0.682. The molecule has 120 valence electrons. The maximum absolute atomic E-state index is 9.55. The summed E-state index contributed by atoms with van der Waals surface area (Å²) < 4.78 is 0. The molecule has 0 aliphatic carbocycles. The molecule has 0 fully saturated rings. The fourth-order valence-corrected chi connectivity index (χ4v) is 3.75. The van der Waals surface area contributed by atoms with Crippen molar-refractivity contribution >= 4 is 39.0 Å². The van der Waals surface area contributed by atoms with Crippen molar-refractivity contribution in [2.45, 2.75) is 26.3 Å². The van der Waals surface area contributed by atoms with Crippen molar-refractivity contribution in [3.05, 3.63) is 40.5 Å². The molecule has 0 spiro atoms. The van der Waals surface area contributed by atoms with Gasteiger partial charge in [-0.1, -0.05) is 30.3 Å². The number of thiophene rings is 1. The van der Waals surface area contributed by atoms with Crippen LogP contribution in [0.15, 0.2) is 30.3 Å². The Morgan fingerprint density at radius 1 is 1.22 bits per heavy atom. The predicted octanol–water partition coefficient (Wildman–Crippen LogP) is 4.50. The number of nitrogens with one attached hydrogen (secondary N) is 1. The lowest BCUT2D eigenvalue weighted by atomic mass is 10.0. The molecule has 0 radical (unpaired) electrons. The number of rotatable bonds is 4. The Balaban J connectivity index is 2.27. The van der Waals surface area contributed by atoms with E-state index >= 15 is 0 Å². The van der Waals surface area contributed by atoms with Crippen LogP contribution in [0.25, 0.3) is 21.3 Å². The SMILES string of the molecule is Cc1sc2nc(Cl)nc(NC(C)(C)CO)c2c1-c1ccccc1. The highest BCUT2D eigenvalue weighted by Gasteiger charge is 2.23. The average Bonchev–Trinajstić information content (AvgIpc) is 2.83. The van der Waals surface area contributed by atoms with E-state index in [0.29, 0.717) is 5.82 Å². The van der Waals surface area contributed by atoms with Gasteiger partial charge in [-0.25, -0.2) is 9.97 Å². The van der Waals surface area contributed by atoms with Crippen molar-refractivity contribution < 1.29 is 5.11 Å². The Hall–Kier alpha value is -1.69. The Labute approximate surface area is 144 Å². The first kappa shape index (κ1) is 16.2. The van der Waals surface area contributed by atoms with Crippen molar-refractivity contribution in [3.63, 3.8) is 0 Å². The number of fused-ring (bicyclic) bond motifs is 1. The van der Waals surface area contributed by atoms with Gasteiger partial charge in [-0.2, -0.15) is 0 Å². The standard InChI is InChI=1S/C17H18ClN3OS/c1-10-12(11-7-5-4-6-8-11)13-14(21-17(2,3)9-22)19-16(18)20-15(13)23-10/h4-8,22H,9H2,1-3H3,(H,19,20,21). The lowest BCUT2D eigenvalue weighted by molar-refractivity contribution is 0.234. The fourth-order valence-electron chi connectivity index (χ4n) is 2.49. The maximum atomic E-state index is 9.55. The minimum Gasteiger partial charge on any atom is -0.394 e. The van der Waals surface area contributed by atoms with Crippen LogP contribution in [0.3, 0.4) is 0 Å². The monoisotopic (exact) mass is 347 g/mol. The van der Waals surface area contributed by atoms with Gasteiger partial charge in [0.15, 0.2) is 0 Å². The summed E-state index contributed by atoms with van der Waals surface area (Å²) in [6, 6.07) is 10.2. The molecule has 0 saturated heterocycles. The van der Waals surface area contributed by atoms with Gasteiger partial charge < -0.3 is 10.4 Å². The summed E-state index contributed by atoms with van der Waals surface area (Å²) in [4.78, 5) is 10.7. The number of halogens is 1. The molecule has 2 aromatic heterocycles. The van der Waals surface area contributed by atoms with E-state index in [1.54, 1.807) is 11.3 Å². The van der Waals surface area contributed by atoms with Crippen LogP contribution >= 0.6 is 22.9 Å². The molecule has 3 aromatic rings. The molecule has 6 heteroatoms. The van der Waals surface area contributed by atoms with Gasteiger partial charge in [-0.3, -0.25) is 0 Å². The van der Waals surface area contributed by atoms with Crippen LogP contribution in [-0.4, -0.2) is 27.2 Å². The number of hydrogen-bond acceptors (Lipinski definition) is 5. The molecule has 3 rings (SSSR count). The number of benzene rings is 1. The molecule has 0 atom stereocenters. The summed E-state index contributed by atoms with van der Waals surface area (Å²) in [6.07, 6.45) is 0. The number of aromatic nitrogens is 2. The molecule has 0 aliphatic rings. The molecule has 2 N–H and O–H groups in total. The van der Waals surface area contributed by atoms with Crippen molar-refractivity contribution in [2.24, 2.45) is 0 Å². The van der Waals surface area contributed by atoms with Crippen LogP contribution < -0.4 is 5.32 Å². The average molecular weight is 348 g/mol. The number of nitrogens with zero attached hydrogens (tertiary/aromatic N) is 2. The van der Waals surface area contributed by atoms with E-state index in [4.69, 9.17) is 11.6 Å². The largest absolute Gasteiger partial charge is 0.394 e. The summed E-state index contributed by atoms with van der Waals surface area (Å²) in [6.45, 7) is 5.88. The first-order valence-corrected chi connectivity index (χ1v) is 8.52. The molecule has 23 heavy (non-hydrogen) atoms. The Bertz CT molecular complexity index is 846. The third-order valence-corrected chi connectivity index (χ3v) is 4.78. The summed E-state index contributed by atoms with van der Waals surface area (Å²) in [5, 5.41) is 14.0. The smallest absolute Gasteiger partial charge is 0.225 e. The second kappa shape index (κ2) is 6.07. The van der Waals surface area contributed by atoms with Gasteiger partial charge in [0, 0.05) is 10.4 Å². The summed E-state index contributed by atoms with van der Waals surface area (Å²) in [5.41, 5.74) is 1.72. The number of aliphatic hydroxyl groups excluding tert-OH is 1. The number of hydrogen-bond donors (Lipinski definition) is 2. The first-order chi connectivity index (χ1) is 10.9. The Morgan fingerprint density at radius 3 is 2.57 bits per heavy atom. The molecule has 1 aromatic carbocycles. The van der Waals surface area contributed by atoms with E-state index in [1.165, 1.54) is 0 Å². The van der Waals surface area contributed by atoms with Gasteiger partial charge in [0.05, 0.1) is 17.5 Å². The molecular weight excluding hydrogens is 330 g/mol. The van der Waals surface area contributed by atoms with Crippen LogP contribution in [0, 0.1) is 6.92 Å². The zero-order valence-electron chi connectivity index (χ0n) is 13.2. The van der Waals surface area contributed by atoms with Crippen molar-refractivity contribution in [1.29, 1.82) is 0 Å². The van der Waals surface area contributed by atoms with E-state index in [9.17, 15) is 5.11 Å². The second-order valence-corrected chi connectivity index (χ2v) is 7.63. The molecular formula is C17H18ClN3OS. The van der Waals surface area contributed by atoms with Gasteiger partial charge in [-0.15, -0.1) is 11.3 Å². The minimum absolute atomic E-state index is 0.0140. The second-order valence-electron chi connectivity index (χ2n) is 6.09. The fraction of sp³-hybridized carbons (Fsp3) is 0.294. The molecule has 0 saturated carbocycles.